The van der Waals surface area contributed by atoms with Crippen molar-refractivity contribution in [3.63, 3.8) is 0 Å². The number of aromatic nitrogens is 2. The van der Waals surface area contributed by atoms with E-state index in [1.54, 1.807) is 0 Å². The van der Waals surface area contributed by atoms with Crippen LogP contribution in [0.25, 0.3) is 11.0 Å². The summed E-state index contributed by atoms with van der Waals surface area (Å²) in [4.78, 5) is 3.32. The first kappa shape index (κ1) is 12.4. The van der Waals surface area contributed by atoms with Crippen molar-refractivity contribution in [1.82, 2.24) is 9.55 Å². The van der Waals surface area contributed by atoms with Crippen LogP contribution in [0.5, 0.6) is 0 Å². The minimum Gasteiger partial charge on any atom is -0.331 e. The molecule has 0 saturated heterocycles. The van der Waals surface area contributed by atoms with Crippen LogP contribution in [0.15, 0.2) is 18.2 Å². The molecule has 0 amide bonds. The zero-order chi connectivity index (χ0) is 12.6. The van der Waals surface area contributed by atoms with E-state index in [1.807, 2.05) is 0 Å². The molecule has 0 aliphatic heterocycles. The summed E-state index contributed by atoms with van der Waals surface area (Å²) in [5.74, 6) is 0. The summed E-state index contributed by atoms with van der Waals surface area (Å²) < 4.78 is 3.11. The molecule has 0 radical (unpaired) electrons. The second kappa shape index (κ2) is 4.30. The Morgan fingerprint density at radius 2 is 1.94 bits per heavy atom. The number of aromatic amines is 1. The lowest BCUT2D eigenvalue weighted by Crippen LogP contribution is -2.28. The van der Waals surface area contributed by atoms with Crippen molar-refractivity contribution in [1.29, 1.82) is 0 Å². The Labute approximate surface area is 108 Å². The molecule has 0 bridgehead atoms. The summed E-state index contributed by atoms with van der Waals surface area (Å²) in [6, 6.07) is 6.47. The Morgan fingerprint density at radius 3 is 2.53 bits per heavy atom. The van der Waals surface area contributed by atoms with E-state index >= 15 is 0 Å². The highest BCUT2D eigenvalue weighted by Crippen LogP contribution is 2.29. The molecule has 92 valence electrons. The number of H-pyrrole nitrogens is 1. The molecule has 1 heterocycles. The second-order valence-electron chi connectivity index (χ2n) is 4.99. The maximum Gasteiger partial charge on any atom is 0.178 e. The third-order valence-electron chi connectivity index (χ3n) is 3.90. The van der Waals surface area contributed by atoms with Crippen molar-refractivity contribution in [2.45, 2.75) is 46.1 Å². The Balaban J connectivity index is 2.77. The molecule has 0 saturated carbocycles. The van der Waals surface area contributed by atoms with E-state index in [-0.39, 0.29) is 5.54 Å². The molecule has 2 nitrogen and oxygen atoms in total. The molecule has 0 aliphatic carbocycles. The molecule has 1 N–H and O–H groups in total. The number of aryl methyl sites for hydroxylation is 1. The van der Waals surface area contributed by atoms with Crippen molar-refractivity contribution in [2.24, 2.45) is 0 Å². The number of nitrogens with one attached hydrogen (secondary N) is 1. The fourth-order valence-electron chi connectivity index (χ4n) is 2.33. The van der Waals surface area contributed by atoms with Gasteiger partial charge in [-0.2, -0.15) is 0 Å². The largest absolute Gasteiger partial charge is 0.331 e. The molecule has 1 aromatic heterocycles. The molecule has 1 aromatic carbocycles. The average Bonchev–Trinajstić information content (AvgIpc) is 2.64. The van der Waals surface area contributed by atoms with Gasteiger partial charge in [0.05, 0.1) is 11.0 Å². The Hall–Kier alpha value is -1.09. The van der Waals surface area contributed by atoms with E-state index in [0.717, 1.165) is 23.1 Å². The number of fused-ring (bicyclic) bond motifs is 1. The number of nitrogens with zero attached hydrogens (tertiary/aromatic N) is 1. The molecule has 0 fully saturated rings. The van der Waals surface area contributed by atoms with E-state index in [1.165, 1.54) is 11.1 Å². The van der Waals surface area contributed by atoms with Crippen LogP contribution in [0.2, 0.25) is 0 Å². The van der Waals surface area contributed by atoms with E-state index in [4.69, 9.17) is 12.2 Å². The maximum atomic E-state index is 5.48. The van der Waals surface area contributed by atoms with Gasteiger partial charge in [0, 0.05) is 5.54 Å². The van der Waals surface area contributed by atoms with Crippen LogP contribution < -0.4 is 0 Å². The fraction of sp³-hybridized carbons (Fsp3) is 0.500. The molecular weight excluding hydrogens is 228 g/mol. The lowest BCUT2D eigenvalue weighted by molar-refractivity contribution is 0.299. The molecule has 2 rings (SSSR count). The number of hydrogen-bond donors (Lipinski definition) is 1. The van der Waals surface area contributed by atoms with Gasteiger partial charge in [-0.3, -0.25) is 0 Å². The first-order valence-corrected chi connectivity index (χ1v) is 6.64. The standard InChI is InChI=1S/C14H20N2S/c1-5-14(4,6-2)16-12-8-7-10(3)9-11(12)15-13(16)17/h7-9H,5-6H2,1-4H3,(H,15,17). The topological polar surface area (TPSA) is 20.7 Å². The van der Waals surface area contributed by atoms with Crippen LogP contribution in [-0.4, -0.2) is 9.55 Å². The van der Waals surface area contributed by atoms with Gasteiger partial charge in [-0.15, -0.1) is 0 Å². The van der Waals surface area contributed by atoms with Gasteiger partial charge in [0.25, 0.3) is 0 Å². The first-order valence-electron chi connectivity index (χ1n) is 6.23. The van der Waals surface area contributed by atoms with Gasteiger partial charge in [0.1, 0.15) is 0 Å². The summed E-state index contributed by atoms with van der Waals surface area (Å²) in [5.41, 5.74) is 3.72. The second-order valence-corrected chi connectivity index (χ2v) is 5.38. The van der Waals surface area contributed by atoms with Crippen LogP contribution in [0.3, 0.4) is 0 Å². The van der Waals surface area contributed by atoms with Crippen molar-refractivity contribution in [3.8, 4) is 0 Å². The predicted molar refractivity (Wildman–Crippen MR) is 76.1 cm³/mol. The first-order chi connectivity index (χ1) is 8.01. The molecule has 0 unspecified atom stereocenters. The normalized spacial score (nSPS) is 12.2. The zero-order valence-corrected chi connectivity index (χ0v) is 11.8. The Morgan fingerprint density at radius 1 is 1.29 bits per heavy atom. The molecule has 0 atom stereocenters. The highest BCUT2D eigenvalue weighted by Gasteiger charge is 2.24. The average molecular weight is 248 g/mol. The van der Waals surface area contributed by atoms with Gasteiger partial charge in [-0.05, 0) is 56.6 Å². The highest BCUT2D eigenvalue weighted by atomic mass is 32.1. The van der Waals surface area contributed by atoms with Crippen molar-refractivity contribution >= 4 is 23.3 Å². The predicted octanol–water partition coefficient (Wildman–Crippen LogP) is 4.54. The molecule has 3 heteroatoms. The highest BCUT2D eigenvalue weighted by molar-refractivity contribution is 7.71. The van der Waals surface area contributed by atoms with Gasteiger partial charge in [-0.1, -0.05) is 19.9 Å². The Kier molecular flexibility index (Phi) is 3.13. The van der Waals surface area contributed by atoms with E-state index in [0.29, 0.717) is 0 Å². The third-order valence-corrected chi connectivity index (χ3v) is 4.19. The summed E-state index contributed by atoms with van der Waals surface area (Å²) >= 11 is 5.48. The number of imidazole rings is 1. The van der Waals surface area contributed by atoms with Crippen LogP contribution in [0, 0.1) is 11.7 Å². The van der Waals surface area contributed by atoms with Crippen LogP contribution in [-0.2, 0) is 5.54 Å². The van der Waals surface area contributed by atoms with Crippen molar-refractivity contribution < 1.29 is 0 Å². The third kappa shape index (κ3) is 1.93. The van der Waals surface area contributed by atoms with Crippen LogP contribution in [0.1, 0.15) is 39.2 Å². The molecule has 0 aliphatic rings. The number of benzene rings is 1. The van der Waals surface area contributed by atoms with Gasteiger partial charge < -0.3 is 9.55 Å². The van der Waals surface area contributed by atoms with E-state index < -0.39 is 0 Å². The van der Waals surface area contributed by atoms with Crippen LogP contribution >= 0.6 is 12.2 Å². The molecular formula is C14H20N2S. The monoisotopic (exact) mass is 248 g/mol. The van der Waals surface area contributed by atoms with Gasteiger partial charge in [0.15, 0.2) is 4.77 Å². The van der Waals surface area contributed by atoms with Crippen LogP contribution in [0.4, 0.5) is 0 Å². The lowest BCUT2D eigenvalue weighted by atomic mass is 9.95. The van der Waals surface area contributed by atoms with Gasteiger partial charge >= 0.3 is 0 Å². The SMILES string of the molecule is CCC(C)(CC)n1c(=S)[nH]c2cc(C)ccc21. The smallest absolute Gasteiger partial charge is 0.178 e. The quantitative estimate of drug-likeness (QED) is 0.791. The summed E-state index contributed by atoms with van der Waals surface area (Å²) in [7, 11) is 0. The van der Waals surface area contributed by atoms with E-state index in [9.17, 15) is 0 Å². The summed E-state index contributed by atoms with van der Waals surface area (Å²) in [5, 5.41) is 0. The lowest BCUT2D eigenvalue weighted by Gasteiger charge is -2.29. The van der Waals surface area contributed by atoms with Crippen molar-refractivity contribution in [2.75, 3.05) is 0 Å². The molecule has 17 heavy (non-hydrogen) atoms. The minimum absolute atomic E-state index is 0.102. The number of hydrogen-bond acceptors (Lipinski definition) is 1. The number of rotatable bonds is 3. The summed E-state index contributed by atoms with van der Waals surface area (Å²) in [6.45, 7) is 8.82. The fourth-order valence-corrected chi connectivity index (χ4v) is 2.76. The minimum atomic E-state index is 0.102. The van der Waals surface area contributed by atoms with E-state index in [2.05, 4.69) is 55.4 Å². The van der Waals surface area contributed by atoms with Crippen molar-refractivity contribution in [3.05, 3.63) is 28.5 Å². The zero-order valence-electron chi connectivity index (χ0n) is 11.0. The maximum absolute atomic E-state index is 5.48. The summed E-state index contributed by atoms with van der Waals surface area (Å²) in [6.07, 6.45) is 2.16. The molecule has 2 aromatic rings. The Bertz CT molecular complexity index is 588. The molecule has 0 spiro atoms. The van der Waals surface area contributed by atoms with Gasteiger partial charge in [-0.25, -0.2) is 0 Å². The van der Waals surface area contributed by atoms with Gasteiger partial charge in [0.2, 0.25) is 0 Å².